The minimum Gasteiger partial charge on any atom is -0.373 e. The number of nitrogens with zero attached hydrogens (tertiary/aromatic N) is 5. The van der Waals surface area contributed by atoms with Gasteiger partial charge in [-0.15, -0.1) is 0 Å². The Kier molecular flexibility index (Phi) is 7.28. The molecule has 4 rings (SSSR count). The normalized spacial score (nSPS) is 22.5. The van der Waals surface area contributed by atoms with Crippen LogP contribution in [-0.4, -0.2) is 82.8 Å². The second-order valence-electron chi connectivity index (χ2n) is 9.56. The first-order valence-electron chi connectivity index (χ1n) is 12.3. The molecular formula is C24H38N6O2. The number of nitrogens with one attached hydrogen (secondary N) is 1. The minimum atomic E-state index is 0.0867. The standard InChI is InChI=1S/C24H38N6O2/c1-4-28-11-7-18(8-12-28)14-22(32)30-10-5-6-19(15-30)23-26-21-9-13-29(17(2)31)16-20(21)24(25-3)27-23/h18-19H,4-16H2,1-3H3,(H,25,26,27). The average molecular weight is 443 g/mol. The number of hydrogen-bond acceptors (Lipinski definition) is 6. The van der Waals surface area contributed by atoms with Crippen molar-refractivity contribution in [3.05, 3.63) is 17.1 Å². The molecule has 8 nitrogen and oxygen atoms in total. The van der Waals surface area contributed by atoms with Gasteiger partial charge in [0.1, 0.15) is 11.6 Å². The molecule has 0 aromatic carbocycles. The maximum absolute atomic E-state index is 13.1. The second-order valence-corrected chi connectivity index (χ2v) is 9.56. The number of carbonyl (C=O) groups is 2. The van der Waals surface area contributed by atoms with E-state index in [9.17, 15) is 9.59 Å². The Morgan fingerprint density at radius 1 is 1.06 bits per heavy atom. The van der Waals surface area contributed by atoms with E-state index in [4.69, 9.17) is 9.97 Å². The number of rotatable bonds is 5. The van der Waals surface area contributed by atoms with Crippen molar-refractivity contribution in [1.82, 2.24) is 24.7 Å². The van der Waals surface area contributed by atoms with Crippen molar-refractivity contribution in [2.24, 2.45) is 5.92 Å². The first kappa shape index (κ1) is 23.0. The van der Waals surface area contributed by atoms with Crippen LogP contribution in [0.1, 0.15) is 69.0 Å². The Morgan fingerprint density at radius 3 is 2.53 bits per heavy atom. The summed E-state index contributed by atoms with van der Waals surface area (Å²) in [7, 11) is 1.87. The van der Waals surface area contributed by atoms with Gasteiger partial charge in [-0.1, -0.05) is 6.92 Å². The van der Waals surface area contributed by atoms with E-state index in [1.807, 2.05) is 11.9 Å². The van der Waals surface area contributed by atoms with E-state index in [1.54, 1.807) is 6.92 Å². The number of fused-ring (bicyclic) bond motifs is 1. The average Bonchev–Trinajstić information content (AvgIpc) is 2.83. The van der Waals surface area contributed by atoms with Gasteiger partial charge in [0.05, 0.1) is 12.2 Å². The maximum Gasteiger partial charge on any atom is 0.222 e. The lowest BCUT2D eigenvalue weighted by Gasteiger charge is -2.35. The third-order valence-electron chi connectivity index (χ3n) is 7.52. The minimum absolute atomic E-state index is 0.0867. The summed E-state index contributed by atoms with van der Waals surface area (Å²) in [5.41, 5.74) is 2.07. The molecule has 1 aromatic rings. The highest BCUT2D eigenvalue weighted by Gasteiger charge is 2.31. The predicted molar refractivity (Wildman–Crippen MR) is 124 cm³/mol. The number of amides is 2. The highest BCUT2D eigenvalue weighted by atomic mass is 16.2. The highest BCUT2D eigenvalue weighted by molar-refractivity contribution is 5.76. The van der Waals surface area contributed by atoms with Gasteiger partial charge in [0.15, 0.2) is 0 Å². The van der Waals surface area contributed by atoms with Gasteiger partial charge in [-0.05, 0) is 51.2 Å². The molecule has 2 fully saturated rings. The molecule has 2 saturated heterocycles. The van der Waals surface area contributed by atoms with Gasteiger partial charge in [-0.25, -0.2) is 9.97 Å². The summed E-state index contributed by atoms with van der Waals surface area (Å²) in [6.07, 6.45) is 5.71. The zero-order chi connectivity index (χ0) is 22.7. The van der Waals surface area contributed by atoms with Crippen molar-refractivity contribution in [1.29, 1.82) is 0 Å². The number of carbonyl (C=O) groups excluding carboxylic acids is 2. The Balaban J connectivity index is 1.42. The smallest absolute Gasteiger partial charge is 0.222 e. The van der Waals surface area contributed by atoms with Gasteiger partial charge < -0.3 is 20.0 Å². The third-order valence-corrected chi connectivity index (χ3v) is 7.52. The van der Waals surface area contributed by atoms with Gasteiger partial charge in [-0.2, -0.15) is 0 Å². The number of likely N-dealkylation sites (tertiary alicyclic amines) is 2. The lowest BCUT2D eigenvalue weighted by atomic mass is 9.91. The molecule has 0 saturated carbocycles. The molecule has 8 heteroatoms. The number of aromatic nitrogens is 2. The first-order chi connectivity index (χ1) is 15.5. The molecule has 1 N–H and O–H groups in total. The fraction of sp³-hybridized carbons (Fsp3) is 0.750. The molecule has 3 aliphatic rings. The molecule has 0 radical (unpaired) electrons. The Morgan fingerprint density at radius 2 is 1.84 bits per heavy atom. The summed E-state index contributed by atoms with van der Waals surface area (Å²) in [6, 6.07) is 0. The molecule has 1 atom stereocenters. The summed E-state index contributed by atoms with van der Waals surface area (Å²) in [5, 5.41) is 3.22. The van der Waals surface area contributed by atoms with E-state index in [1.165, 1.54) is 0 Å². The van der Waals surface area contributed by atoms with Crippen LogP contribution in [0.4, 0.5) is 5.82 Å². The van der Waals surface area contributed by atoms with Crippen LogP contribution in [0.3, 0.4) is 0 Å². The van der Waals surface area contributed by atoms with E-state index in [0.717, 1.165) is 81.2 Å². The SMILES string of the molecule is CCN1CCC(CC(=O)N2CCCC(c3nc4c(c(NC)n3)CN(C(C)=O)CC4)C2)CC1. The van der Waals surface area contributed by atoms with E-state index in [0.29, 0.717) is 37.9 Å². The van der Waals surface area contributed by atoms with Gasteiger partial charge in [-0.3, -0.25) is 9.59 Å². The van der Waals surface area contributed by atoms with E-state index >= 15 is 0 Å². The molecule has 1 aromatic heterocycles. The summed E-state index contributed by atoms with van der Waals surface area (Å²) in [5.74, 6) is 2.75. The first-order valence-corrected chi connectivity index (χ1v) is 12.3. The lowest BCUT2D eigenvalue weighted by Crippen LogP contribution is -2.42. The van der Waals surface area contributed by atoms with Crippen LogP contribution in [0.15, 0.2) is 0 Å². The Labute approximate surface area is 191 Å². The van der Waals surface area contributed by atoms with Crippen LogP contribution in [0, 0.1) is 5.92 Å². The van der Waals surface area contributed by atoms with Crippen LogP contribution in [-0.2, 0) is 22.6 Å². The third kappa shape index (κ3) is 5.05. The Bertz CT molecular complexity index is 819. The van der Waals surface area contributed by atoms with Crippen LogP contribution in [0.2, 0.25) is 0 Å². The molecule has 0 spiro atoms. The maximum atomic E-state index is 13.1. The number of anilines is 1. The van der Waals surface area contributed by atoms with E-state index in [-0.39, 0.29) is 11.8 Å². The zero-order valence-electron chi connectivity index (χ0n) is 19.9. The van der Waals surface area contributed by atoms with Crippen LogP contribution < -0.4 is 5.32 Å². The van der Waals surface area contributed by atoms with Crippen molar-refractivity contribution in [3.63, 3.8) is 0 Å². The molecule has 0 bridgehead atoms. The molecule has 1 unspecified atom stereocenters. The van der Waals surface area contributed by atoms with E-state index in [2.05, 4.69) is 22.0 Å². The van der Waals surface area contributed by atoms with Crippen molar-refractivity contribution >= 4 is 17.6 Å². The quantitative estimate of drug-likeness (QED) is 0.753. The Hall–Kier alpha value is -2.22. The largest absolute Gasteiger partial charge is 0.373 e. The topological polar surface area (TPSA) is 81.7 Å². The number of hydrogen-bond donors (Lipinski definition) is 1. The zero-order valence-corrected chi connectivity index (χ0v) is 19.9. The molecule has 0 aliphatic carbocycles. The van der Waals surface area contributed by atoms with Crippen molar-refractivity contribution < 1.29 is 9.59 Å². The lowest BCUT2D eigenvalue weighted by molar-refractivity contribution is -0.134. The monoisotopic (exact) mass is 442 g/mol. The van der Waals surface area contributed by atoms with Gasteiger partial charge in [0.2, 0.25) is 11.8 Å². The van der Waals surface area contributed by atoms with Gasteiger partial charge in [0.25, 0.3) is 0 Å². The molecule has 4 heterocycles. The second kappa shape index (κ2) is 10.1. The van der Waals surface area contributed by atoms with Crippen LogP contribution >= 0.6 is 0 Å². The van der Waals surface area contributed by atoms with E-state index < -0.39 is 0 Å². The summed E-state index contributed by atoms with van der Waals surface area (Å²) >= 11 is 0. The molecular weight excluding hydrogens is 404 g/mol. The molecule has 3 aliphatic heterocycles. The van der Waals surface area contributed by atoms with Crippen LogP contribution in [0.25, 0.3) is 0 Å². The van der Waals surface area contributed by atoms with Crippen LogP contribution in [0.5, 0.6) is 0 Å². The molecule has 2 amide bonds. The molecule has 176 valence electrons. The van der Waals surface area contributed by atoms with Crippen molar-refractivity contribution in [3.8, 4) is 0 Å². The summed E-state index contributed by atoms with van der Waals surface area (Å²) in [6.45, 7) is 10.00. The highest BCUT2D eigenvalue weighted by Crippen LogP contribution is 2.31. The van der Waals surface area contributed by atoms with Gasteiger partial charge in [0, 0.05) is 57.9 Å². The van der Waals surface area contributed by atoms with Crippen molar-refractivity contribution in [2.45, 2.75) is 64.8 Å². The number of piperidine rings is 2. The summed E-state index contributed by atoms with van der Waals surface area (Å²) in [4.78, 5) is 41.0. The fourth-order valence-corrected chi connectivity index (χ4v) is 5.39. The molecule has 32 heavy (non-hydrogen) atoms. The fourth-order valence-electron chi connectivity index (χ4n) is 5.39. The van der Waals surface area contributed by atoms with Gasteiger partial charge >= 0.3 is 0 Å². The predicted octanol–water partition coefficient (Wildman–Crippen LogP) is 2.25. The summed E-state index contributed by atoms with van der Waals surface area (Å²) < 4.78 is 0. The van der Waals surface area contributed by atoms with Crippen molar-refractivity contribution in [2.75, 3.05) is 51.6 Å².